The summed E-state index contributed by atoms with van der Waals surface area (Å²) in [5.74, 6) is 0. The Morgan fingerprint density at radius 2 is 1.75 bits per heavy atom. The van der Waals surface area contributed by atoms with Gasteiger partial charge in [-0.05, 0) is 0 Å². The molecule has 0 fully saturated rings. The first kappa shape index (κ1) is 20.3. The number of hydrogen-bond donors (Lipinski definition) is 0. The van der Waals surface area contributed by atoms with Crippen molar-refractivity contribution >= 4 is 3.21 Å². The van der Waals surface area contributed by atoms with Gasteiger partial charge in [0.1, 0.15) is 0 Å². The molecule has 109 valence electrons. The van der Waals surface area contributed by atoms with Gasteiger partial charge in [-0.1, -0.05) is 0 Å². The van der Waals surface area contributed by atoms with Crippen LogP contribution in [0.4, 0.5) is 0 Å². The van der Waals surface area contributed by atoms with E-state index in [2.05, 4.69) is 59.8 Å². The molecule has 0 saturated carbocycles. The molecule has 0 radical (unpaired) electrons. The molecule has 0 aliphatic heterocycles. The van der Waals surface area contributed by atoms with Crippen LogP contribution in [0.5, 0.6) is 0 Å². The molecule has 0 unspecified atom stereocenters. The van der Waals surface area contributed by atoms with Crippen LogP contribution >= 0.6 is 0 Å². The van der Waals surface area contributed by atoms with Crippen LogP contribution in [0, 0.1) is 5.41 Å². The van der Waals surface area contributed by atoms with E-state index in [1.807, 2.05) is 0 Å². The van der Waals surface area contributed by atoms with Crippen LogP contribution in [-0.2, 0) is 22.8 Å². The van der Waals surface area contributed by atoms with Crippen LogP contribution in [0.3, 0.4) is 0 Å². The number of halogens is 2. The first-order valence-corrected chi connectivity index (χ1v) is 9.18. The predicted octanol–water partition coefficient (Wildman–Crippen LogP) is -1.19. The number of rotatable bonds is 2. The summed E-state index contributed by atoms with van der Waals surface area (Å²) in [5, 5.41) is 0. The van der Waals surface area contributed by atoms with Gasteiger partial charge in [0.15, 0.2) is 0 Å². The van der Waals surface area contributed by atoms with Crippen molar-refractivity contribution in [3.05, 3.63) is 43.8 Å². The van der Waals surface area contributed by atoms with E-state index in [4.69, 9.17) is 0 Å². The summed E-state index contributed by atoms with van der Waals surface area (Å²) in [7, 11) is 0. The van der Waals surface area contributed by atoms with Crippen molar-refractivity contribution in [1.82, 2.24) is 0 Å². The maximum absolute atomic E-state index is 2.42. The van der Waals surface area contributed by atoms with Crippen LogP contribution in [-0.4, -0.2) is 3.21 Å². The smallest absolute Gasteiger partial charge is 1.00 e. The van der Waals surface area contributed by atoms with Gasteiger partial charge in [0.05, 0.1) is 0 Å². The van der Waals surface area contributed by atoms with Crippen LogP contribution in [0.15, 0.2) is 43.8 Å². The van der Waals surface area contributed by atoms with Crippen molar-refractivity contribution in [3.8, 4) is 0 Å². The molecule has 0 saturated heterocycles. The molecule has 0 bridgehead atoms. The van der Waals surface area contributed by atoms with Crippen molar-refractivity contribution in [1.29, 1.82) is 0 Å². The zero-order valence-corrected chi connectivity index (χ0v) is 17.2. The van der Waals surface area contributed by atoms with Gasteiger partial charge in [-0.3, -0.25) is 0 Å². The van der Waals surface area contributed by atoms with E-state index in [0.29, 0.717) is 5.41 Å². The summed E-state index contributed by atoms with van der Waals surface area (Å²) in [6.07, 6.45) is 7.93. The summed E-state index contributed by atoms with van der Waals surface area (Å²) in [5.41, 5.74) is 6.60. The summed E-state index contributed by atoms with van der Waals surface area (Å²) in [6.45, 7) is 14.1. The van der Waals surface area contributed by atoms with Crippen molar-refractivity contribution in [2.24, 2.45) is 5.41 Å². The Hall–Kier alpha value is 0.293. The summed E-state index contributed by atoms with van der Waals surface area (Å²) in [6, 6.07) is 0. The minimum Gasteiger partial charge on any atom is -1.00 e. The fourth-order valence-corrected chi connectivity index (χ4v) is 6.47. The predicted molar refractivity (Wildman–Crippen MR) is 77.4 cm³/mol. The second-order valence-corrected chi connectivity index (χ2v) is 10.4. The van der Waals surface area contributed by atoms with Gasteiger partial charge in [-0.25, -0.2) is 0 Å². The maximum Gasteiger partial charge on any atom is -1.00 e. The van der Waals surface area contributed by atoms with Crippen molar-refractivity contribution in [2.75, 3.05) is 0 Å². The molecule has 0 aromatic carbocycles. The standard InChI is InChI=1S/C14H17.C3H6.2ClH.Zr/c1-10-11(2)14(3,4)9-13(10)12-7-5-6-8-12;1-3-2;;;/h5-7H,8H2,1-4H3;1-2H3;2*1H;/q;;;;+2/p-2. The minimum absolute atomic E-state index is 0. The van der Waals surface area contributed by atoms with Crippen molar-refractivity contribution in [2.45, 2.75) is 48.0 Å². The zero-order valence-electron chi connectivity index (χ0n) is 13.2. The van der Waals surface area contributed by atoms with Crippen LogP contribution in [0.2, 0.25) is 0 Å². The molecule has 0 spiro atoms. The Balaban J connectivity index is 0.00000180. The first-order valence-electron chi connectivity index (χ1n) is 6.72. The molecular formula is C17H23Cl2Zr. The number of allylic oxidation sites excluding steroid dienone is 8. The Morgan fingerprint density at radius 3 is 2.20 bits per heavy atom. The second kappa shape index (κ2) is 7.52. The minimum atomic E-state index is -0.548. The summed E-state index contributed by atoms with van der Waals surface area (Å²) < 4.78 is 3.46. The van der Waals surface area contributed by atoms with Crippen LogP contribution in [0.1, 0.15) is 48.0 Å². The van der Waals surface area contributed by atoms with Gasteiger partial charge in [0, 0.05) is 0 Å². The third-order valence-corrected chi connectivity index (χ3v) is 8.21. The van der Waals surface area contributed by atoms with Crippen LogP contribution in [0.25, 0.3) is 0 Å². The zero-order chi connectivity index (χ0) is 13.5. The van der Waals surface area contributed by atoms with Crippen molar-refractivity contribution < 1.29 is 47.6 Å². The Morgan fingerprint density at radius 1 is 1.15 bits per heavy atom. The van der Waals surface area contributed by atoms with Gasteiger partial charge in [-0.15, -0.1) is 0 Å². The van der Waals surface area contributed by atoms with Gasteiger partial charge < -0.3 is 24.8 Å². The molecule has 3 heteroatoms. The summed E-state index contributed by atoms with van der Waals surface area (Å²) >= 11 is -0.548. The third-order valence-electron chi connectivity index (χ3n) is 4.22. The molecule has 2 aliphatic carbocycles. The molecule has 2 aliphatic rings. The van der Waals surface area contributed by atoms with E-state index in [-0.39, 0.29) is 24.8 Å². The molecular weight excluding hydrogens is 366 g/mol. The van der Waals surface area contributed by atoms with Gasteiger partial charge >= 0.3 is 123 Å². The first-order chi connectivity index (χ1) is 8.35. The van der Waals surface area contributed by atoms with Gasteiger partial charge in [0.25, 0.3) is 0 Å². The van der Waals surface area contributed by atoms with E-state index in [1.165, 1.54) is 0 Å². The second-order valence-electron chi connectivity index (χ2n) is 6.07. The summed E-state index contributed by atoms with van der Waals surface area (Å²) in [4.78, 5) is 0. The molecule has 0 atom stereocenters. The SMILES string of the molecule is C[C](C)=[Zr+2][C]1=C(C2=CC=CC2)C(C)=C(C)C1(C)C.[Cl-].[Cl-]. The average Bonchev–Trinajstić information content (AvgIpc) is 2.83. The molecule has 0 aromatic rings. The van der Waals surface area contributed by atoms with Crippen LogP contribution < -0.4 is 24.8 Å². The quantitative estimate of drug-likeness (QED) is 0.557. The number of hydrogen-bond acceptors (Lipinski definition) is 0. The molecule has 0 N–H and O–H groups in total. The molecule has 0 heterocycles. The Labute approximate surface area is 147 Å². The van der Waals surface area contributed by atoms with Gasteiger partial charge in [-0.2, -0.15) is 0 Å². The van der Waals surface area contributed by atoms with Gasteiger partial charge in [0.2, 0.25) is 0 Å². The molecule has 0 amide bonds. The normalized spacial score (nSPS) is 19.4. The van der Waals surface area contributed by atoms with E-state index in [0.717, 1.165) is 6.42 Å². The molecule has 20 heavy (non-hydrogen) atoms. The Bertz CT molecular complexity index is 539. The van der Waals surface area contributed by atoms with E-state index in [9.17, 15) is 0 Å². The van der Waals surface area contributed by atoms with E-state index >= 15 is 0 Å². The van der Waals surface area contributed by atoms with E-state index < -0.39 is 22.8 Å². The van der Waals surface area contributed by atoms with E-state index in [1.54, 1.807) is 28.8 Å². The topological polar surface area (TPSA) is 0 Å². The molecule has 2 rings (SSSR count). The molecule has 0 aromatic heterocycles. The average molecular weight is 390 g/mol. The fraction of sp³-hybridized carbons (Fsp3) is 0.471. The molecule has 0 nitrogen and oxygen atoms in total. The fourth-order valence-electron chi connectivity index (χ4n) is 2.85. The Kier molecular flexibility index (Phi) is 7.63. The monoisotopic (exact) mass is 387 g/mol. The maximum atomic E-state index is 2.42. The third kappa shape index (κ3) is 3.54. The largest absolute Gasteiger partial charge is 1.00 e. The van der Waals surface area contributed by atoms with Crippen molar-refractivity contribution in [3.63, 3.8) is 0 Å².